The van der Waals surface area contributed by atoms with Crippen molar-refractivity contribution < 1.29 is 14.4 Å². The van der Waals surface area contributed by atoms with Gasteiger partial charge < -0.3 is 4.98 Å². The van der Waals surface area contributed by atoms with Gasteiger partial charge in [-0.3, -0.25) is 19.3 Å². The Hall–Kier alpha value is -2.73. The van der Waals surface area contributed by atoms with Gasteiger partial charge in [0.05, 0.1) is 17.7 Å². The lowest BCUT2D eigenvalue weighted by molar-refractivity contribution is 0.0624. The van der Waals surface area contributed by atoms with Crippen LogP contribution in [0.1, 0.15) is 31.1 Å². The normalized spacial score (nSPS) is 13.6. The Kier molecular flexibility index (Phi) is 3.35. The molecule has 0 atom stereocenters. The summed E-state index contributed by atoms with van der Waals surface area (Å²) in [4.78, 5) is 41.4. The standard InChI is InChI=1S/C18H11BrN2O3/c19-10-5-6-15-13(7-10)14(8-20-15)16(22)9-21-17(23)11-3-1-2-4-12(11)18(21)24/h1-8,20H,9H2. The van der Waals surface area contributed by atoms with E-state index in [0.717, 1.165) is 20.3 Å². The number of rotatable bonds is 3. The molecule has 0 saturated heterocycles. The number of benzene rings is 2. The third-order valence-corrected chi connectivity index (χ3v) is 4.62. The first-order valence-electron chi connectivity index (χ1n) is 7.31. The topological polar surface area (TPSA) is 70.2 Å². The van der Waals surface area contributed by atoms with Gasteiger partial charge in [-0.15, -0.1) is 0 Å². The fraction of sp³-hybridized carbons (Fsp3) is 0.0556. The van der Waals surface area contributed by atoms with Gasteiger partial charge in [-0.25, -0.2) is 0 Å². The molecule has 24 heavy (non-hydrogen) atoms. The average Bonchev–Trinajstić information content (AvgIpc) is 3.10. The van der Waals surface area contributed by atoms with Crippen LogP contribution in [-0.4, -0.2) is 34.0 Å². The molecule has 1 aliphatic rings. The van der Waals surface area contributed by atoms with E-state index in [1.165, 1.54) is 0 Å². The van der Waals surface area contributed by atoms with Crippen molar-refractivity contribution in [2.75, 3.05) is 6.54 Å². The number of ketones is 1. The van der Waals surface area contributed by atoms with E-state index >= 15 is 0 Å². The number of amides is 2. The van der Waals surface area contributed by atoms with Crippen molar-refractivity contribution in [1.82, 2.24) is 9.88 Å². The number of carbonyl (C=O) groups is 3. The van der Waals surface area contributed by atoms with Gasteiger partial charge in [-0.1, -0.05) is 28.1 Å². The SMILES string of the molecule is O=C(CN1C(=O)c2ccccc2C1=O)c1c[nH]c2ccc(Br)cc12. The van der Waals surface area contributed by atoms with Crippen molar-refractivity contribution in [3.8, 4) is 0 Å². The van der Waals surface area contributed by atoms with E-state index < -0.39 is 11.8 Å². The zero-order valence-corrected chi connectivity index (χ0v) is 14.0. The molecular formula is C18H11BrN2O3. The van der Waals surface area contributed by atoms with Gasteiger partial charge in [0.2, 0.25) is 0 Å². The van der Waals surface area contributed by atoms with E-state index in [1.807, 2.05) is 18.2 Å². The number of H-pyrrole nitrogens is 1. The first kappa shape index (κ1) is 14.8. The van der Waals surface area contributed by atoms with Crippen LogP contribution in [0.3, 0.4) is 0 Å². The molecule has 0 saturated carbocycles. The number of nitrogens with one attached hydrogen (secondary N) is 1. The molecule has 2 heterocycles. The number of imide groups is 1. The molecule has 2 aromatic carbocycles. The highest BCUT2D eigenvalue weighted by Crippen LogP contribution is 2.26. The van der Waals surface area contributed by atoms with E-state index in [4.69, 9.17) is 0 Å². The number of carbonyl (C=O) groups excluding carboxylic acids is 3. The van der Waals surface area contributed by atoms with Crippen LogP contribution in [0.4, 0.5) is 0 Å². The number of halogens is 1. The van der Waals surface area contributed by atoms with E-state index in [0.29, 0.717) is 16.7 Å². The lowest BCUT2D eigenvalue weighted by Crippen LogP contribution is -2.34. The summed E-state index contributed by atoms with van der Waals surface area (Å²) in [6.45, 7) is -0.272. The summed E-state index contributed by atoms with van der Waals surface area (Å²) in [7, 11) is 0. The molecule has 4 rings (SSSR count). The summed E-state index contributed by atoms with van der Waals surface area (Å²) in [5.41, 5.74) is 1.97. The van der Waals surface area contributed by atoms with Crippen molar-refractivity contribution in [3.63, 3.8) is 0 Å². The summed E-state index contributed by atoms with van der Waals surface area (Å²) in [5.74, 6) is -1.14. The quantitative estimate of drug-likeness (QED) is 0.557. The molecule has 0 aliphatic carbocycles. The van der Waals surface area contributed by atoms with Gasteiger partial charge in [-0.2, -0.15) is 0 Å². The second-order valence-electron chi connectivity index (χ2n) is 5.56. The summed E-state index contributed by atoms with van der Waals surface area (Å²) in [5, 5.41) is 0.756. The minimum atomic E-state index is -0.426. The van der Waals surface area contributed by atoms with Crippen molar-refractivity contribution in [2.45, 2.75) is 0 Å². The lowest BCUT2D eigenvalue weighted by Gasteiger charge is -2.12. The third kappa shape index (κ3) is 2.18. The highest BCUT2D eigenvalue weighted by molar-refractivity contribution is 9.10. The van der Waals surface area contributed by atoms with Crippen molar-refractivity contribution in [3.05, 3.63) is 69.8 Å². The summed E-state index contributed by atoms with van der Waals surface area (Å²) in [6.07, 6.45) is 1.61. The van der Waals surface area contributed by atoms with Crippen molar-refractivity contribution in [1.29, 1.82) is 0 Å². The van der Waals surface area contributed by atoms with Gasteiger partial charge in [0.15, 0.2) is 5.78 Å². The van der Waals surface area contributed by atoms with Crippen molar-refractivity contribution >= 4 is 44.4 Å². The van der Waals surface area contributed by atoms with Crippen LogP contribution in [0.15, 0.2) is 53.1 Å². The molecule has 0 spiro atoms. The number of nitrogens with zero attached hydrogens (tertiary/aromatic N) is 1. The monoisotopic (exact) mass is 382 g/mol. The van der Waals surface area contributed by atoms with Crippen LogP contribution < -0.4 is 0 Å². The largest absolute Gasteiger partial charge is 0.360 e. The highest BCUT2D eigenvalue weighted by atomic mass is 79.9. The Bertz CT molecular complexity index is 987. The summed E-state index contributed by atoms with van der Waals surface area (Å²) >= 11 is 3.38. The average molecular weight is 383 g/mol. The second-order valence-corrected chi connectivity index (χ2v) is 6.47. The number of fused-ring (bicyclic) bond motifs is 2. The Balaban J connectivity index is 1.66. The fourth-order valence-electron chi connectivity index (χ4n) is 2.94. The molecule has 0 bridgehead atoms. The molecule has 3 aromatic rings. The van der Waals surface area contributed by atoms with Gasteiger partial charge >= 0.3 is 0 Å². The Morgan fingerprint density at radius 3 is 2.38 bits per heavy atom. The van der Waals surface area contributed by atoms with Gasteiger partial charge in [0.25, 0.3) is 11.8 Å². The molecule has 0 fully saturated rings. The predicted octanol–water partition coefficient (Wildman–Crippen LogP) is 3.41. The summed E-state index contributed by atoms with van der Waals surface area (Å²) in [6, 6.07) is 12.2. The molecular weight excluding hydrogens is 372 g/mol. The van der Waals surface area contributed by atoms with Gasteiger partial charge in [-0.05, 0) is 30.3 Å². The number of Topliss-reactive ketones (excluding diaryl/α,β-unsaturated/α-hetero) is 1. The molecule has 0 unspecified atom stereocenters. The minimum Gasteiger partial charge on any atom is -0.360 e. The zero-order chi connectivity index (χ0) is 16.8. The van der Waals surface area contributed by atoms with Crippen LogP contribution in [-0.2, 0) is 0 Å². The molecule has 2 amide bonds. The molecule has 1 aromatic heterocycles. The molecule has 1 N–H and O–H groups in total. The smallest absolute Gasteiger partial charge is 0.261 e. The van der Waals surface area contributed by atoms with E-state index in [-0.39, 0.29) is 12.3 Å². The Morgan fingerprint density at radius 2 is 1.71 bits per heavy atom. The Labute approximate surface area is 145 Å². The second kappa shape index (κ2) is 5.42. The maximum Gasteiger partial charge on any atom is 0.261 e. The first-order valence-corrected chi connectivity index (χ1v) is 8.10. The van der Waals surface area contributed by atoms with E-state index in [2.05, 4.69) is 20.9 Å². The molecule has 118 valence electrons. The molecule has 5 nitrogen and oxygen atoms in total. The molecule has 1 aliphatic heterocycles. The number of hydrogen-bond acceptors (Lipinski definition) is 3. The molecule has 0 radical (unpaired) electrons. The van der Waals surface area contributed by atoms with E-state index in [9.17, 15) is 14.4 Å². The Morgan fingerprint density at radius 1 is 1.04 bits per heavy atom. The van der Waals surface area contributed by atoms with Crippen LogP contribution in [0.25, 0.3) is 10.9 Å². The maximum absolute atomic E-state index is 12.6. The van der Waals surface area contributed by atoms with Gasteiger partial charge in [0, 0.05) is 27.1 Å². The van der Waals surface area contributed by atoms with Crippen LogP contribution in [0.5, 0.6) is 0 Å². The maximum atomic E-state index is 12.6. The van der Waals surface area contributed by atoms with Crippen LogP contribution >= 0.6 is 15.9 Å². The lowest BCUT2D eigenvalue weighted by atomic mass is 10.1. The number of aromatic amines is 1. The first-order chi connectivity index (χ1) is 11.6. The zero-order valence-electron chi connectivity index (χ0n) is 12.4. The minimum absolute atomic E-state index is 0.272. The third-order valence-electron chi connectivity index (χ3n) is 4.12. The van der Waals surface area contributed by atoms with Crippen LogP contribution in [0.2, 0.25) is 0 Å². The van der Waals surface area contributed by atoms with Gasteiger partial charge in [0.1, 0.15) is 0 Å². The van der Waals surface area contributed by atoms with E-state index in [1.54, 1.807) is 30.5 Å². The number of aromatic nitrogens is 1. The molecule has 6 heteroatoms. The fourth-order valence-corrected chi connectivity index (χ4v) is 3.30. The predicted molar refractivity (Wildman–Crippen MR) is 92.1 cm³/mol. The number of hydrogen-bond donors (Lipinski definition) is 1. The van der Waals surface area contributed by atoms with Crippen LogP contribution in [0, 0.1) is 0 Å². The van der Waals surface area contributed by atoms with Crippen molar-refractivity contribution in [2.24, 2.45) is 0 Å². The summed E-state index contributed by atoms with van der Waals surface area (Å²) < 4.78 is 0.851. The highest BCUT2D eigenvalue weighted by Gasteiger charge is 2.36.